The number of aromatic nitrogens is 2. The molecule has 0 bridgehead atoms. The van der Waals surface area contributed by atoms with E-state index in [-0.39, 0.29) is 17.1 Å². The Kier molecular flexibility index (Phi) is 6.40. The van der Waals surface area contributed by atoms with E-state index in [0.29, 0.717) is 13.2 Å². The zero-order chi connectivity index (χ0) is 19.2. The van der Waals surface area contributed by atoms with Crippen LogP contribution in [0.4, 0.5) is 0 Å². The molecular weight excluding hydrogens is 358 g/mol. The van der Waals surface area contributed by atoms with Gasteiger partial charge in [0, 0.05) is 12.6 Å². The van der Waals surface area contributed by atoms with Crippen LogP contribution in [0.1, 0.15) is 32.3 Å². The number of thioether (sulfide) groups is 1. The van der Waals surface area contributed by atoms with Crippen LogP contribution in [0.5, 0.6) is 5.75 Å². The third-order valence-corrected chi connectivity index (χ3v) is 5.34. The number of benzene rings is 2. The van der Waals surface area contributed by atoms with Crippen LogP contribution >= 0.6 is 11.8 Å². The van der Waals surface area contributed by atoms with Gasteiger partial charge in [0.1, 0.15) is 5.75 Å². The van der Waals surface area contributed by atoms with Gasteiger partial charge in [-0.05, 0) is 37.5 Å². The summed E-state index contributed by atoms with van der Waals surface area (Å²) in [6.45, 7) is 7.21. The number of hydrogen-bond acceptors (Lipinski definition) is 4. The Labute approximate surface area is 163 Å². The molecule has 5 nitrogen and oxygen atoms in total. The lowest BCUT2D eigenvalue weighted by Gasteiger charge is -2.15. The molecule has 0 aliphatic rings. The van der Waals surface area contributed by atoms with E-state index in [1.54, 1.807) is 0 Å². The van der Waals surface area contributed by atoms with Gasteiger partial charge in [-0.2, -0.15) is 0 Å². The maximum Gasteiger partial charge on any atom is 0.233 e. The van der Waals surface area contributed by atoms with Crippen LogP contribution in [0.2, 0.25) is 0 Å². The molecule has 2 atom stereocenters. The van der Waals surface area contributed by atoms with Crippen molar-refractivity contribution in [3.8, 4) is 5.75 Å². The van der Waals surface area contributed by atoms with Crippen molar-refractivity contribution in [3.05, 3.63) is 54.1 Å². The van der Waals surface area contributed by atoms with Crippen LogP contribution < -0.4 is 10.1 Å². The summed E-state index contributed by atoms with van der Waals surface area (Å²) < 4.78 is 5.51. The number of aromatic amines is 1. The Balaban J connectivity index is 1.57. The number of carbonyl (C=O) groups is 1. The van der Waals surface area contributed by atoms with Gasteiger partial charge >= 0.3 is 0 Å². The highest BCUT2D eigenvalue weighted by atomic mass is 32.2. The first-order valence-corrected chi connectivity index (χ1v) is 10.1. The second-order valence-electron chi connectivity index (χ2n) is 6.47. The predicted octanol–water partition coefficient (Wildman–Crippen LogP) is 4.36. The molecular formula is C21H25N3O2S. The fourth-order valence-electron chi connectivity index (χ4n) is 2.80. The number of nitrogens with zero attached hydrogens (tertiary/aromatic N) is 1. The SMILES string of the molecule is CCOc1ccc2nc(SC(C)C(=O)NCC(C)c3ccccc3)[nH]c2c1. The van der Waals surface area contributed by atoms with Crippen LogP contribution in [-0.2, 0) is 4.79 Å². The third-order valence-electron chi connectivity index (χ3n) is 4.35. The Hall–Kier alpha value is -2.47. The lowest BCUT2D eigenvalue weighted by molar-refractivity contribution is -0.120. The summed E-state index contributed by atoms with van der Waals surface area (Å²) in [6, 6.07) is 16.0. The van der Waals surface area contributed by atoms with Crippen LogP contribution in [0.15, 0.2) is 53.7 Å². The largest absolute Gasteiger partial charge is 0.494 e. The molecule has 2 aromatic carbocycles. The summed E-state index contributed by atoms with van der Waals surface area (Å²) in [5, 5.41) is 3.54. The number of fused-ring (bicyclic) bond motifs is 1. The lowest BCUT2D eigenvalue weighted by Crippen LogP contribution is -2.33. The molecule has 0 saturated heterocycles. The Bertz CT molecular complexity index is 895. The molecule has 6 heteroatoms. The molecule has 1 amide bonds. The molecule has 0 saturated carbocycles. The fourth-order valence-corrected chi connectivity index (χ4v) is 3.64. The normalized spacial score (nSPS) is 13.3. The molecule has 0 fully saturated rings. The topological polar surface area (TPSA) is 67.0 Å². The summed E-state index contributed by atoms with van der Waals surface area (Å²) in [6.07, 6.45) is 0. The molecule has 2 unspecified atom stereocenters. The van der Waals surface area contributed by atoms with Crippen LogP contribution in [0, 0.1) is 0 Å². The number of amides is 1. The first-order chi connectivity index (χ1) is 13.1. The monoisotopic (exact) mass is 383 g/mol. The second-order valence-corrected chi connectivity index (χ2v) is 7.80. The molecule has 0 aliphatic heterocycles. The summed E-state index contributed by atoms with van der Waals surface area (Å²) in [7, 11) is 0. The minimum absolute atomic E-state index is 0.0123. The van der Waals surface area contributed by atoms with E-state index in [2.05, 4.69) is 34.3 Å². The third kappa shape index (κ3) is 5.04. The van der Waals surface area contributed by atoms with E-state index in [0.717, 1.165) is 21.9 Å². The summed E-state index contributed by atoms with van der Waals surface area (Å²) >= 11 is 1.42. The van der Waals surface area contributed by atoms with Gasteiger partial charge in [-0.1, -0.05) is 49.0 Å². The number of nitrogens with one attached hydrogen (secondary N) is 2. The van der Waals surface area contributed by atoms with Crippen molar-refractivity contribution in [2.75, 3.05) is 13.2 Å². The average Bonchev–Trinajstić information content (AvgIpc) is 3.08. The van der Waals surface area contributed by atoms with Crippen molar-refractivity contribution in [1.82, 2.24) is 15.3 Å². The molecule has 1 aromatic heterocycles. The van der Waals surface area contributed by atoms with Crippen molar-refractivity contribution >= 4 is 28.7 Å². The summed E-state index contributed by atoms with van der Waals surface area (Å²) in [5.74, 6) is 1.10. The number of carbonyl (C=O) groups excluding carboxylic acids is 1. The van der Waals surface area contributed by atoms with Gasteiger partial charge in [0.05, 0.1) is 22.9 Å². The molecule has 2 N–H and O–H groups in total. The first-order valence-electron chi connectivity index (χ1n) is 9.18. The Morgan fingerprint density at radius 2 is 2.00 bits per heavy atom. The van der Waals surface area contributed by atoms with Crippen molar-refractivity contribution in [1.29, 1.82) is 0 Å². The lowest BCUT2D eigenvalue weighted by atomic mass is 10.0. The van der Waals surface area contributed by atoms with E-state index in [4.69, 9.17) is 4.74 Å². The van der Waals surface area contributed by atoms with Gasteiger partial charge in [0.2, 0.25) is 5.91 Å². The number of rotatable bonds is 8. The van der Waals surface area contributed by atoms with Gasteiger partial charge in [0.15, 0.2) is 5.16 Å². The zero-order valence-corrected chi connectivity index (χ0v) is 16.7. The van der Waals surface area contributed by atoms with E-state index in [1.165, 1.54) is 17.3 Å². The minimum Gasteiger partial charge on any atom is -0.494 e. The second kappa shape index (κ2) is 8.95. The summed E-state index contributed by atoms with van der Waals surface area (Å²) in [4.78, 5) is 20.3. The molecule has 0 aliphatic carbocycles. The fraction of sp³-hybridized carbons (Fsp3) is 0.333. The minimum atomic E-state index is -0.236. The van der Waals surface area contributed by atoms with Crippen molar-refractivity contribution in [3.63, 3.8) is 0 Å². The van der Waals surface area contributed by atoms with Gasteiger partial charge in [-0.15, -0.1) is 0 Å². The molecule has 0 radical (unpaired) electrons. The van der Waals surface area contributed by atoms with Gasteiger partial charge in [-0.3, -0.25) is 4.79 Å². The summed E-state index contributed by atoms with van der Waals surface area (Å²) in [5.41, 5.74) is 3.00. The van der Waals surface area contributed by atoms with Crippen molar-refractivity contribution in [2.45, 2.75) is 37.1 Å². The van der Waals surface area contributed by atoms with Gasteiger partial charge < -0.3 is 15.0 Å². The van der Waals surface area contributed by atoms with Crippen LogP contribution in [0.3, 0.4) is 0 Å². The van der Waals surface area contributed by atoms with E-state index < -0.39 is 0 Å². The van der Waals surface area contributed by atoms with Crippen molar-refractivity contribution < 1.29 is 9.53 Å². The quantitative estimate of drug-likeness (QED) is 0.567. The Morgan fingerprint density at radius 3 is 2.74 bits per heavy atom. The highest BCUT2D eigenvalue weighted by Crippen LogP contribution is 2.26. The molecule has 3 rings (SSSR count). The predicted molar refractivity (Wildman–Crippen MR) is 110 cm³/mol. The average molecular weight is 384 g/mol. The van der Waals surface area contributed by atoms with E-state index in [9.17, 15) is 4.79 Å². The Morgan fingerprint density at radius 1 is 1.22 bits per heavy atom. The molecule has 27 heavy (non-hydrogen) atoms. The molecule has 3 aromatic rings. The van der Waals surface area contributed by atoms with E-state index >= 15 is 0 Å². The number of ether oxygens (including phenoxy) is 1. The van der Waals surface area contributed by atoms with Crippen LogP contribution in [-0.4, -0.2) is 34.3 Å². The van der Waals surface area contributed by atoms with Gasteiger partial charge in [-0.25, -0.2) is 4.98 Å². The molecule has 1 heterocycles. The standard InChI is InChI=1S/C21H25N3O2S/c1-4-26-17-10-11-18-19(12-17)24-21(23-18)27-15(3)20(25)22-13-14(2)16-8-6-5-7-9-16/h5-12,14-15H,4,13H2,1-3H3,(H,22,25)(H,23,24). The number of hydrogen-bond donors (Lipinski definition) is 2. The number of imidazole rings is 1. The maximum atomic E-state index is 12.4. The molecule has 0 spiro atoms. The molecule has 142 valence electrons. The highest BCUT2D eigenvalue weighted by molar-refractivity contribution is 8.00. The van der Waals surface area contributed by atoms with Crippen molar-refractivity contribution in [2.24, 2.45) is 0 Å². The smallest absolute Gasteiger partial charge is 0.233 e. The van der Waals surface area contributed by atoms with Gasteiger partial charge in [0.25, 0.3) is 0 Å². The maximum absolute atomic E-state index is 12.4. The highest BCUT2D eigenvalue weighted by Gasteiger charge is 2.17. The van der Waals surface area contributed by atoms with E-state index in [1.807, 2.05) is 50.2 Å². The first kappa shape index (κ1) is 19.3. The van der Waals surface area contributed by atoms with Crippen LogP contribution in [0.25, 0.3) is 11.0 Å². The number of H-pyrrole nitrogens is 1. The zero-order valence-electron chi connectivity index (χ0n) is 15.9.